The van der Waals surface area contributed by atoms with Gasteiger partial charge in [0.05, 0.1) is 24.4 Å². The number of amides is 1. The predicted molar refractivity (Wildman–Crippen MR) is 103 cm³/mol. The molecule has 0 atom stereocenters. The minimum atomic E-state index is -0.553. The molecule has 1 N–H and O–H groups in total. The lowest BCUT2D eigenvalue weighted by Gasteiger charge is -2.12. The van der Waals surface area contributed by atoms with Gasteiger partial charge in [-0.1, -0.05) is 41.4 Å². The van der Waals surface area contributed by atoms with Crippen LogP contribution in [0, 0.1) is 0 Å². The summed E-state index contributed by atoms with van der Waals surface area (Å²) >= 11 is 12.2. The van der Waals surface area contributed by atoms with Gasteiger partial charge in [-0.2, -0.15) is 0 Å². The Labute approximate surface area is 161 Å². The van der Waals surface area contributed by atoms with Crippen molar-refractivity contribution in [2.45, 2.75) is 6.92 Å². The van der Waals surface area contributed by atoms with Crippen molar-refractivity contribution in [1.82, 2.24) is 0 Å². The van der Waals surface area contributed by atoms with Crippen LogP contribution in [0.3, 0.4) is 0 Å². The smallest absolute Gasteiger partial charge is 0.341 e. The Balaban J connectivity index is 2.20. The molecule has 1 amide bonds. The third-order valence-corrected chi connectivity index (χ3v) is 4.02. The Bertz CT molecular complexity index is 849. The molecule has 26 heavy (non-hydrogen) atoms. The Kier molecular flexibility index (Phi) is 7.06. The van der Waals surface area contributed by atoms with Gasteiger partial charge in [-0.15, -0.1) is 0 Å². The number of hydrogen-bond donors (Lipinski definition) is 1. The van der Waals surface area contributed by atoms with E-state index in [0.717, 1.165) is 0 Å². The van der Waals surface area contributed by atoms with Crippen LogP contribution in [0.4, 0.5) is 5.69 Å². The second kappa shape index (κ2) is 9.27. The lowest BCUT2D eigenvalue weighted by atomic mass is 10.1. The van der Waals surface area contributed by atoms with Crippen LogP contribution in [0.1, 0.15) is 22.8 Å². The van der Waals surface area contributed by atoms with Crippen molar-refractivity contribution in [3.63, 3.8) is 0 Å². The number of anilines is 1. The fourth-order valence-electron chi connectivity index (χ4n) is 2.14. The number of carbonyl (C=O) groups is 2. The van der Waals surface area contributed by atoms with Gasteiger partial charge in [0, 0.05) is 17.2 Å². The second-order valence-electron chi connectivity index (χ2n) is 5.10. The number of nitrogens with one attached hydrogen (secondary N) is 1. The predicted octanol–water partition coefficient (Wildman–Crippen LogP) is 4.83. The number of halogens is 2. The van der Waals surface area contributed by atoms with E-state index in [1.807, 2.05) is 6.07 Å². The number of hydrogen-bond acceptors (Lipinski definition) is 4. The topological polar surface area (TPSA) is 64.6 Å². The van der Waals surface area contributed by atoms with Gasteiger partial charge in [0.1, 0.15) is 11.3 Å². The maximum atomic E-state index is 12.1. The summed E-state index contributed by atoms with van der Waals surface area (Å²) in [6.45, 7) is 1.93. The summed E-state index contributed by atoms with van der Waals surface area (Å²) in [6.07, 6.45) is 2.93. The number of ether oxygens (including phenoxy) is 2. The van der Waals surface area contributed by atoms with Crippen molar-refractivity contribution in [1.29, 1.82) is 0 Å². The van der Waals surface area contributed by atoms with Gasteiger partial charge in [0.25, 0.3) is 0 Å². The summed E-state index contributed by atoms with van der Waals surface area (Å²) in [7, 11) is 1.41. The van der Waals surface area contributed by atoms with Gasteiger partial charge >= 0.3 is 5.97 Å². The molecule has 0 aliphatic carbocycles. The number of methoxy groups -OCH3 is 1. The average Bonchev–Trinajstić information content (AvgIpc) is 2.62. The molecule has 0 heterocycles. The van der Waals surface area contributed by atoms with E-state index in [9.17, 15) is 9.59 Å². The Morgan fingerprint density at radius 1 is 1.15 bits per heavy atom. The normalized spacial score (nSPS) is 10.6. The molecule has 136 valence electrons. The van der Waals surface area contributed by atoms with Crippen LogP contribution in [-0.4, -0.2) is 25.6 Å². The Morgan fingerprint density at radius 2 is 1.88 bits per heavy atom. The van der Waals surface area contributed by atoms with E-state index in [1.54, 1.807) is 31.2 Å². The molecule has 0 fully saturated rings. The summed E-state index contributed by atoms with van der Waals surface area (Å²) in [5.41, 5.74) is 1.21. The molecule has 2 aromatic carbocycles. The molecule has 5 nitrogen and oxygen atoms in total. The van der Waals surface area contributed by atoms with Crippen molar-refractivity contribution in [2.75, 3.05) is 19.0 Å². The fourth-order valence-corrected chi connectivity index (χ4v) is 2.55. The minimum absolute atomic E-state index is 0.184. The SMILES string of the molecule is CCOC(=O)c1cc(Cl)c(NC(=O)/C=C/c2ccccc2Cl)cc1OC. The van der Waals surface area contributed by atoms with E-state index < -0.39 is 11.9 Å². The van der Waals surface area contributed by atoms with Crippen LogP contribution in [0.25, 0.3) is 6.08 Å². The minimum Gasteiger partial charge on any atom is -0.496 e. The highest BCUT2D eigenvalue weighted by atomic mass is 35.5. The third-order valence-electron chi connectivity index (χ3n) is 3.36. The Morgan fingerprint density at radius 3 is 2.54 bits per heavy atom. The number of benzene rings is 2. The zero-order valence-corrected chi connectivity index (χ0v) is 15.7. The van der Waals surface area contributed by atoms with Crippen molar-refractivity contribution in [3.8, 4) is 5.75 Å². The maximum absolute atomic E-state index is 12.1. The third kappa shape index (κ3) is 5.00. The van der Waals surface area contributed by atoms with Crippen molar-refractivity contribution in [3.05, 3.63) is 63.6 Å². The highest BCUT2D eigenvalue weighted by Gasteiger charge is 2.17. The molecule has 0 unspecified atom stereocenters. The van der Waals surface area contributed by atoms with Crippen LogP contribution in [0.2, 0.25) is 10.0 Å². The van der Waals surface area contributed by atoms with Gasteiger partial charge in [0.15, 0.2) is 0 Å². The monoisotopic (exact) mass is 393 g/mol. The van der Waals surface area contributed by atoms with E-state index in [2.05, 4.69) is 5.32 Å². The summed E-state index contributed by atoms with van der Waals surface area (Å²) in [5.74, 6) is -0.710. The van der Waals surface area contributed by atoms with Gasteiger partial charge in [0.2, 0.25) is 5.91 Å². The van der Waals surface area contributed by atoms with Crippen LogP contribution in [-0.2, 0) is 9.53 Å². The quantitative estimate of drug-likeness (QED) is 0.563. The molecule has 2 aromatic rings. The van der Waals surface area contributed by atoms with E-state index in [-0.39, 0.29) is 22.9 Å². The molecule has 0 saturated carbocycles. The lowest BCUT2D eigenvalue weighted by molar-refractivity contribution is -0.111. The average molecular weight is 394 g/mol. The van der Waals surface area contributed by atoms with E-state index in [0.29, 0.717) is 16.3 Å². The number of esters is 1. The lowest BCUT2D eigenvalue weighted by Crippen LogP contribution is -2.11. The fraction of sp³-hybridized carbons (Fsp3) is 0.158. The molecular formula is C19H17Cl2NO4. The number of rotatable bonds is 6. The van der Waals surface area contributed by atoms with Crippen molar-refractivity contribution >= 4 is 46.8 Å². The van der Waals surface area contributed by atoms with Crippen LogP contribution in [0.15, 0.2) is 42.5 Å². The maximum Gasteiger partial charge on any atom is 0.341 e. The van der Waals surface area contributed by atoms with Crippen LogP contribution < -0.4 is 10.1 Å². The van der Waals surface area contributed by atoms with Crippen molar-refractivity contribution in [2.24, 2.45) is 0 Å². The largest absolute Gasteiger partial charge is 0.496 e. The van der Waals surface area contributed by atoms with Gasteiger partial charge in [-0.3, -0.25) is 4.79 Å². The Hall–Kier alpha value is -2.50. The molecule has 0 aromatic heterocycles. The first-order chi connectivity index (χ1) is 12.5. The first-order valence-electron chi connectivity index (χ1n) is 7.74. The molecule has 0 aliphatic rings. The standard InChI is InChI=1S/C19H17Cl2NO4/c1-3-26-19(24)13-10-15(21)16(11-17(13)25-2)22-18(23)9-8-12-6-4-5-7-14(12)20/h4-11H,3H2,1-2H3,(H,22,23)/b9-8+. The molecular weight excluding hydrogens is 377 g/mol. The summed E-state index contributed by atoms with van der Waals surface area (Å²) in [4.78, 5) is 24.1. The zero-order chi connectivity index (χ0) is 19.1. The zero-order valence-electron chi connectivity index (χ0n) is 14.2. The van der Waals surface area contributed by atoms with Crippen LogP contribution >= 0.6 is 23.2 Å². The van der Waals surface area contributed by atoms with Crippen LogP contribution in [0.5, 0.6) is 5.75 Å². The van der Waals surface area contributed by atoms with Gasteiger partial charge in [-0.25, -0.2) is 4.79 Å². The summed E-state index contributed by atoms with van der Waals surface area (Å²) < 4.78 is 10.1. The van der Waals surface area contributed by atoms with Crippen molar-refractivity contribution < 1.29 is 19.1 Å². The molecule has 0 spiro atoms. The molecule has 2 rings (SSSR count). The highest BCUT2D eigenvalue weighted by molar-refractivity contribution is 6.34. The molecule has 0 saturated heterocycles. The first-order valence-corrected chi connectivity index (χ1v) is 8.50. The highest BCUT2D eigenvalue weighted by Crippen LogP contribution is 2.31. The molecule has 0 bridgehead atoms. The van der Waals surface area contributed by atoms with E-state index in [4.69, 9.17) is 32.7 Å². The first kappa shape index (κ1) is 19.8. The number of carbonyl (C=O) groups excluding carboxylic acids is 2. The summed E-state index contributed by atoms with van der Waals surface area (Å²) in [6, 6.07) is 10.0. The van der Waals surface area contributed by atoms with Gasteiger partial charge in [-0.05, 0) is 30.7 Å². The summed E-state index contributed by atoms with van der Waals surface area (Å²) in [5, 5.41) is 3.37. The second-order valence-corrected chi connectivity index (χ2v) is 5.91. The molecule has 0 radical (unpaired) electrons. The molecule has 7 heteroatoms. The molecule has 0 aliphatic heterocycles. The van der Waals surface area contributed by atoms with Gasteiger partial charge < -0.3 is 14.8 Å². The van der Waals surface area contributed by atoms with E-state index in [1.165, 1.54) is 25.3 Å². The van der Waals surface area contributed by atoms with E-state index >= 15 is 0 Å².